The first-order valence-corrected chi connectivity index (χ1v) is 29.6. The number of benzene rings is 3. The van der Waals surface area contributed by atoms with E-state index in [4.69, 9.17) is 84.5 Å². The van der Waals surface area contributed by atoms with Crippen molar-refractivity contribution in [2.75, 3.05) is 68.9 Å². The van der Waals surface area contributed by atoms with E-state index in [1.165, 1.54) is 11.8 Å². The maximum Gasteiger partial charge on any atom is 0.416 e. The van der Waals surface area contributed by atoms with Crippen LogP contribution in [-0.2, 0) is 66.2 Å². The highest BCUT2D eigenvalue weighted by Gasteiger charge is 2.45. The third kappa shape index (κ3) is 25.7. The molecule has 80 heavy (non-hydrogen) atoms. The first-order chi connectivity index (χ1) is 37.1. The molecule has 4 aromatic rings. The van der Waals surface area contributed by atoms with Gasteiger partial charge in [-0.1, -0.05) is 59.9 Å². The highest BCUT2D eigenvalue weighted by Crippen LogP contribution is 2.39. The number of amides is 2. The van der Waals surface area contributed by atoms with Gasteiger partial charge in [-0.2, -0.15) is 13.2 Å². The summed E-state index contributed by atoms with van der Waals surface area (Å²) in [4.78, 5) is 88.0. The molecular weight excluding hydrogens is 1190 g/mol. The number of ether oxygens (including phenoxy) is 5. The molecule has 2 amide bonds. The van der Waals surface area contributed by atoms with E-state index in [2.05, 4.69) is 25.7 Å². The van der Waals surface area contributed by atoms with Crippen LogP contribution in [0.2, 0.25) is 5.02 Å². The smallest absolute Gasteiger partial charge is 0.416 e. The van der Waals surface area contributed by atoms with Crippen LogP contribution in [0.15, 0.2) is 77.4 Å². The molecule has 1 aromatic heterocycles. The molecule has 1 saturated heterocycles. The molecule has 2 heterocycles. The van der Waals surface area contributed by atoms with Crippen LogP contribution in [0.5, 0.6) is 11.5 Å². The van der Waals surface area contributed by atoms with Crippen molar-refractivity contribution in [3.63, 3.8) is 0 Å². The number of rotatable bonds is 19. The third-order valence-corrected chi connectivity index (χ3v) is 11.4. The molecule has 3 atom stereocenters. The summed E-state index contributed by atoms with van der Waals surface area (Å²) in [6.45, 7) is 13.1. The lowest BCUT2D eigenvalue weighted by Gasteiger charge is -2.29. The summed E-state index contributed by atoms with van der Waals surface area (Å²) in [5, 5.41) is 20.8. The number of aliphatic carboxylic acids is 1. The first-order valence-electron chi connectivity index (χ1n) is 23.6. The van der Waals surface area contributed by atoms with E-state index < -0.39 is 82.9 Å². The van der Waals surface area contributed by atoms with E-state index in [0.717, 1.165) is 53.6 Å². The third-order valence-electron chi connectivity index (χ3n) is 9.92. The minimum atomic E-state index is -4.61. The lowest BCUT2D eigenvalue weighted by Crippen LogP contribution is -2.45. The molecule has 0 bridgehead atoms. The maximum absolute atomic E-state index is 12.8. The van der Waals surface area contributed by atoms with Crippen LogP contribution in [0, 0.1) is 17.0 Å². The largest absolute Gasteiger partial charge is 0.778 e. The van der Waals surface area contributed by atoms with Gasteiger partial charge in [-0.05, 0) is 106 Å². The Morgan fingerprint density at radius 1 is 1.02 bits per heavy atom. The fraction of sp³-hybridized carbons (Fsp3) is 0.460. The molecule has 1 aliphatic heterocycles. The number of anilines is 1. The number of carbonyl (C=O) groups is 5. The molecule has 1 fully saturated rings. The number of nitro benzene ring substituents is 1. The second-order valence-corrected chi connectivity index (χ2v) is 23.0. The number of nitrogens with zero attached hydrogens (tertiary/aromatic N) is 3. The van der Waals surface area contributed by atoms with E-state index in [0.29, 0.717) is 35.9 Å². The molecule has 3 N–H and O–H groups in total. The molecule has 5 rings (SSSR count). The normalized spacial score (nSPS) is 14.5. The van der Waals surface area contributed by atoms with Gasteiger partial charge < -0.3 is 52.5 Å². The standard InChI is InChI=1S/C19H15ClF3NO7.C14H20ClNO2.C11H13Cl2NO3.C3H8NO5P.C3H9S/c1-3-29-17(25)10(2)30-18(26)13-9-12(5-6-15(13)24(27)28)31-16-7-4-11(8-14(16)20)19(21,22)23;1-4-12-8-6-7-11(3)14(12)16(10-18-5-2)13(17)9-15;1-11(2)14(10(15)9(12)13)6-8(17-11)7-4-3-5-16-7;5-3(6)1-4-2-10(7,8)9;1-4(2)3/h4-10H,3H2,1-2H3;6-8H,4-5,9-10H2,1-3H3;3-5,8-9H,6H2,1-2H3;4H,1-2H2,(H,5,6)(H2,7,8,9);1-3H3/q;;;;+1/p-1. The first kappa shape index (κ1) is 72.8. The zero-order chi connectivity index (χ0) is 61.3. The topological polar surface area (TPSA) is 287 Å². The predicted octanol–water partition coefficient (Wildman–Crippen LogP) is 9.67. The number of alkyl halides is 6. The number of furan rings is 1. The van der Waals surface area contributed by atoms with Crippen molar-refractivity contribution in [1.29, 1.82) is 0 Å². The average molecular weight is 1250 g/mol. The van der Waals surface area contributed by atoms with Gasteiger partial charge in [-0.3, -0.25) is 34.7 Å². The van der Waals surface area contributed by atoms with E-state index in [9.17, 15) is 56.7 Å². The lowest BCUT2D eigenvalue weighted by atomic mass is 10.0. The SMILES string of the molecule is CC1(C)OC(c2ccco2)CN1C(=O)C(Cl)Cl.CCOC(=O)C(C)OC(=O)c1cc(Oc2ccc(C(F)(F)F)cc2Cl)ccc1[N+](=O)[O-].CCOCN(C(=O)CCl)c1c(C)cccc1CC.C[S+](C)C.O=C(O)CNCP(=O)([O-])O. The summed E-state index contributed by atoms with van der Waals surface area (Å²) in [5.41, 5.74) is 0.218. The minimum absolute atomic E-state index is 0.0371. The molecule has 0 spiro atoms. The molecule has 30 heteroatoms. The van der Waals surface area contributed by atoms with Crippen molar-refractivity contribution < 1.29 is 89.6 Å². The van der Waals surface area contributed by atoms with Gasteiger partial charge in [0.05, 0.1) is 72.2 Å². The van der Waals surface area contributed by atoms with Crippen LogP contribution in [0.25, 0.3) is 0 Å². The van der Waals surface area contributed by atoms with E-state index in [-0.39, 0.29) is 53.7 Å². The fourth-order valence-electron chi connectivity index (χ4n) is 6.46. The fourth-order valence-corrected chi connectivity index (χ4v) is 7.46. The molecule has 446 valence electrons. The number of carboxylic acid groups (broad SMARTS) is 1. The average Bonchev–Trinajstić information content (AvgIpc) is 4.02. The number of carboxylic acids is 1. The number of esters is 2. The van der Waals surface area contributed by atoms with Gasteiger partial charge in [0.25, 0.3) is 11.6 Å². The Hall–Kier alpha value is -5.18. The summed E-state index contributed by atoms with van der Waals surface area (Å²) in [6, 6.07) is 15.0. The van der Waals surface area contributed by atoms with Gasteiger partial charge in [0.2, 0.25) is 5.91 Å². The summed E-state index contributed by atoms with van der Waals surface area (Å²) in [5.74, 6) is -3.36. The lowest BCUT2D eigenvalue weighted by molar-refractivity contribution is -0.385. The monoisotopic (exact) mass is 1250 g/mol. The van der Waals surface area contributed by atoms with Gasteiger partial charge in [0.1, 0.15) is 54.9 Å². The van der Waals surface area contributed by atoms with Gasteiger partial charge in [-0.25, -0.2) is 9.59 Å². The van der Waals surface area contributed by atoms with E-state index >= 15 is 0 Å². The van der Waals surface area contributed by atoms with Crippen LogP contribution in [-0.4, -0.2) is 130 Å². The summed E-state index contributed by atoms with van der Waals surface area (Å²) in [6.07, 6.45) is 2.09. The second-order valence-electron chi connectivity index (χ2n) is 17.2. The van der Waals surface area contributed by atoms with Crippen LogP contribution in [0.4, 0.5) is 24.5 Å². The summed E-state index contributed by atoms with van der Waals surface area (Å²) >= 11 is 22.7. The Balaban J connectivity index is 0.000000559. The Morgan fingerprint density at radius 2 is 1.66 bits per heavy atom. The number of carbonyl (C=O) groups excluding carboxylic acids is 4. The minimum Gasteiger partial charge on any atom is -0.778 e. The van der Waals surface area contributed by atoms with Gasteiger partial charge in [0.15, 0.2) is 10.9 Å². The van der Waals surface area contributed by atoms with Crippen molar-refractivity contribution in [2.24, 2.45) is 0 Å². The van der Waals surface area contributed by atoms with Gasteiger partial charge in [0, 0.05) is 18.7 Å². The van der Waals surface area contributed by atoms with E-state index in [1.54, 1.807) is 38.0 Å². The number of para-hydroxylation sites is 1. The van der Waals surface area contributed by atoms with Crippen molar-refractivity contribution in [2.45, 2.75) is 83.8 Å². The number of nitrogens with one attached hydrogen (secondary N) is 1. The Morgan fingerprint density at radius 3 is 2.15 bits per heavy atom. The number of aryl methyl sites for hydroxylation is 2. The zero-order valence-corrected chi connectivity index (χ0v) is 49.9. The second kappa shape index (κ2) is 35.0. The predicted molar refractivity (Wildman–Crippen MR) is 296 cm³/mol. The van der Waals surface area contributed by atoms with E-state index in [1.807, 2.05) is 43.4 Å². The van der Waals surface area contributed by atoms with Crippen LogP contribution >= 0.6 is 54.0 Å². The maximum atomic E-state index is 12.8. The van der Waals surface area contributed by atoms with Gasteiger partial charge in [-0.15, -0.1) is 11.6 Å². The Kier molecular flexibility index (Phi) is 31.8. The Bertz CT molecular complexity index is 2700. The molecule has 0 saturated carbocycles. The number of hydrogen-bond acceptors (Lipinski definition) is 16. The molecule has 3 unspecified atom stereocenters. The van der Waals surface area contributed by atoms with Crippen molar-refractivity contribution >= 4 is 106 Å². The highest BCUT2D eigenvalue weighted by atomic mass is 35.5. The molecular formula is C50H64Cl4F3N4O17PS. The van der Waals surface area contributed by atoms with Crippen LogP contribution < -0.4 is 19.8 Å². The van der Waals surface area contributed by atoms with Crippen LogP contribution in [0.3, 0.4) is 0 Å². The van der Waals surface area contributed by atoms with Crippen LogP contribution in [0.1, 0.15) is 80.5 Å². The number of hydrogen-bond donors (Lipinski definition) is 3. The number of nitro groups is 1. The van der Waals surface area contributed by atoms with Crippen molar-refractivity contribution in [1.82, 2.24) is 10.2 Å². The van der Waals surface area contributed by atoms with Gasteiger partial charge >= 0.3 is 24.1 Å². The molecule has 21 nitrogen and oxygen atoms in total. The molecule has 0 aliphatic carbocycles. The highest BCUT2D eigenvalue weighted by molar-refractivity contribution is 7.94. The summed E-state index contributed by atoms with van der Waals surface area (Å²) in [7, 11) is -3.71. The van der Waals surface area contributed by atoms with Crippen molar-refractivity contribution in [3.05, 3.63) is 116 Å². The Labute approximate surface area is 483 Å². The number of halogens is 7. The molecule has 3 aromatic carbocycles. The molecule has 0 radical (unpaired) electrons. The zero-order valence-electron chi connectivity index (χ0n) is 45.2. The van der Waals surface area contributed by atoms with Crippen molar-refractivity contribution in [3.8, 4) is 11.5 Å². The quantitative estimate of drug-likeness (QED) is 0.0150. The molecule has 1 aliphatic rings. The summed E-state index contributed by atoms with van der Waals surface area (Å²) < 4.78 is 79.6.